The van der Waals surface area contributed by atoms with Crippen LogP contribution in [0, 0.1) is 0 Å². The number of aromatic nitrogens is 3. The molecular formula is C54H35N3O. The molecule has 0 radical (unpaired) electrons. The summed E-state index contributed by atoms with van der Waals surface area (Å²) in [6.45, 7) is 0. The fraction of sp³-hybridized carbons (Fsp3) is 0.0370. The Kier molecular flexibility index (Phi) is 7.32. The molecule has 1 unspecified atom stereocenters. The van der Waals surface area contributed by atoms with E-state index in [1.807, 2.05) is 30.3 Å². The first-order valence-electron chi connectivity index (χ1n) is 19.9. The molecule has 4 heteroatoms. The quantitative estimate of drug-likeness (QED) is 0.176. The van der Waals surface area contributed by atoms with E-state index in [0.29, 0.717) is 5.82 Å². The Labute approximate surface area is 335 Å². The van der Waals surface area contributed by atoms with E-state index in [2.05, 4.69) is 168 Å². The van der Waals surface area contributed by atoms with Crippen molar-refractivity contribution in [2.45, 2.75) is 12.3 Å². The topological polar surface area (TPSA) is 43.9 Å². The first-order valence-corrected chi connectivity index (χ1v) is 19.9. The van der Waals surface area contributed by atoms with E-state index in [9.17, 15) is 0 Å². The molecular weight excluding hydrogens is 707 g/mol. The molecule has 1 aliphatic rings. The van der Waals surface area contributed by atoms with Gasteiger partial charge in [0.2, 0.25) is 0 Å². The average Bonchev–Trinajstić information content (AvgIpc) is 3.83. The zero-order chi connectivity index (χ0) is 38.2. The second-order valence-electron chi connectivity index (χ2n) is 15.3. The van der Waals surface area contributed by atoms with Gasteiger partial charge in [-0.15, -0.1) is 0 Å². The van der Waals surface area contributed by atoms with Gasteiger partial charge in [0.05, 0.1) is 22.4 Å². The van der Waals surface area contributed by atoms with E-state index in [0.717, 1.165) is 62.1 Å². The minimum absolute atomic E-state index is 0.0927. The van der Waals surface area contributed by atoms with Crippen molar-refractivity contribution in [3.63, 3.8) is 0 Å². The number of nitrogens with zero attached hydrogens (tertiary/aromatic N) is 3. The van der Waals surface area contributed by atoms with Gasteiger partial charge in [0.15, 0.2) is 5.82 Å². The molecule has 0 fully saturated rings. The van der Waals surface area contributed by atoms with Gasteiger partial charge in [-0.05, 0) is 88.8 Å². The summed E-state index contributed by atoms with van der Waals surface area (Å²) in [6.07, 6.45) is 0.853. The van der Waals surface area contributed by atoms with E-state index < -0.39 is 0 Å². The van der Waals surface area contributed by atoms with Crippen molar-refractivity contribution in [3.05, 3.63) is 211 Å². The van der Waals surface area contributed by atoms with Gasteiger partial charge in [-0.3, -0.25) is 0 Å². The van der Waals surface area contributed by atoms with E-state index in [1.165, 1.54) is 49.6 Å². The molecule has 0 aliphatic heterocycles. The molecule has 1 atom stereocenters. The molecule has 58 heavy (non-hydrogen) atoms. The third-order valence-corrected chi connectivity index (χ3v) is 12.0. The van der Waals surface area contributed by atoms with Crippen LogP contribution in [0.2, 0.25) is 0 Å². The smallest absolute Gasteiger partial charge is 0.160 e. The van der Waals surface area contributed by atoms with E-state index in [1.54, 1.807) is 0 Å². The Bertz CT molecular complexity index is 3270. The minimum Gasteiger partial charge on any atom is -0.456 e. The monoisotopic (exact) mass is 741 g/mol. The predicted octanol–water partition coefficient (Wildman–Crippen LogP) is 13.8. The summed E-state index contributed by atoms with van der Waals surface area (Å²) in [6, 6.07) is 69.4. The molecule has 8 aromatic carbocycles. The molecule has 0 N–H and O–H groups in total. The fourth-order valence-electron chi connectivity index (χ4n) is 9.27. The molecule has 12 rings (SSSR count). The summed E-state index contributed by atoms with van der Waals surface area (Å²) in [5.41, 5.74) is 16.7. The van der Waals surface area contributed by atoms with Crippen molar-refractivity contribution >= 4 is 43.7 Å². The maximum Gasteiger partial charge on any atom is 0.160 e. The Hall–Kier alpha value is -7.56. The second kappa shape index (κ2) is 13.0. The summed E-state index contributed by atoms with van der Waals surface area (Å²) < 4.78 is 8.88. The molecule has 0 amide bonds. The molecule has 0 saturated heterocycles. The van der Waals surface area contributed by atoms with E-state index >= 15 is 0 Å². The molecule has 1 aliphatic carbocycles. The van der Waals surface area contributed by atoms with Crippen LogP contribution in [0.3, 0.4) is 0 Å². The Morgan fingerprint density at radius 1 is 0.448 bits per heavy atom. The maximum absolute atomic E-state index is 6.46. The third-order valence-electron chi connectivity index (χ3n) is 12.0. The first-order chi connectivity index (χ1) is 28.7. The number of fused-ring (bicyclic) bond motifs is 9. The van der Waals surface area contributed by atoms with Crippen LogP contribution in [-0.2, 0) is 6.42 Å². The highest BCUT2D eigenvalue weighted by Crippen LogP contribution is 2.47. The largest absolute Gasteiger partial charge is 0.456 e. The minimum atomic E-state index is 0.0927. The van der Waals surface area contributed by atoms with Gasteiger partial charge >= 0.3 is 0 Å². The number of hydrogen-bond acceptors (Lipinski definition) is 3. The molecule has 0 saturated carbocycles. The number of benzene rings is 8. The van der Waals surface area contributed by atoms with Crippen LogP contribution in [0.15, 0.2) is 199 Å². The Morgan fingerprint density at radius 2 is 1.09 bits per heavy atom. The maximum atomic E-state index is 6.46. The molecule has 0 spiro atoms. The molecule has 4 nitrogen and oxygen atoms in total. The van der Waals surface area contributed by atoms with Crippen LogP contribution in [0.25, 0.3) is 94.5 Å². The molecule has 3 heterocycles. The van der Waals surface area contributed by atoms with Crippen molar-refractivity contribution in [1.29, 1.82) is 0 Å². The first kappa shape index (κ1) is 32.7. The number of furan rings is 1. The predicted molar refractivity (Wildman–Crippen MR) is 237 cm³/mol. The van der Waals surface area contributed by atoms with Crippen molar-refractivity contribution in [1.82, 2.24) is 14.5 Å². The van der Waals surface area contributed by atoms with E-state index in [4.69, 9.17) is 14.4 Å². The summed E-state index contributed by atoms with van der Waals surface area (Å²) >= 11 is 0. The van der Waals surface area contributed by atoms with Crippen molar-refractivity contribution < 1.29 is 4.42 Å². The van der Waals surface area contributed by atoms with Gasteiger partial charge < -0.3 is 8.98 Å². The van der Waals surface area contributed by atoms with Gasteiger partial charge in [0.1, 0.15) is 11.2 Å². The lowest BCUT2D eigenvalue weighted by molar-refractivity contribution is 0.668. The third kappa shape index (κ3) is 5.23. The van der Waals surface area contributed by atoms with Gasteiger partial charge in [0.25, 0.3) is 0 Å². The zero-order valence-corrected chi connectivity index (χ0v) is 31.5. The Balaban J connectivity index is 1.06. The second-order valence-corrected chi connectivity index (χ2v) is 15.3. The standard InChI is InChI=1S/C54H35N3O/c1-3-14-34(15-4-1)48-33-49(56-54(55-48)35-16-5-2-6-17-35)37-19-13-18-36(28-37)44-29-38-30-47-43-22-9-12-25-52(43)58-53(47)32-45(38)40-27-26-39(31-46(40)44)57-50-23-10-7-20-41(50)42-21-8-11-24-51(42)57/h1-28,30-33,44H,29H2. The van der Waals surface area contributed by atoms with Crippen molar-refractivity contribution in [2.75, 3.05) is 0 Å². The average molecular weight is 742 g/mol. The molecule has 3 aromatic heterocycles. The highest BCUT2D eigenvalue weighted by Gasteiger charge is 2.29. The highest BCUT2D eigenvalue weighted by molar-refractivity contribution is 6.09. The van der Waals surface area contributed by atoms with Crippen molar-refractivity contribution in [2.24, 2.45) is 0 Å². The zero-order valence-electron chi connectivity index (χ0n) is 31.5. The number of para-hydroxylation sites is 3. The molecule has 11 aromatic rings. The summed E-state index contributed by atoms with van der Waals surface area (Å²) in [7, 11) is 0. The van der Waals surface area contributed by atoms with Gasteiger partial charge in [0, 0.05) is 49.8 Å². The lowest BCUT2D eigenvalue weighted by Crippen LogP contribution is -2.14. The van der Waals surface area contributed by atoms with Crippen LogP contribution in [0.1, 0.15) is 22.6 Å². The summed E-state index contributed by atoms with van der Waals surface area (Å²) in [5.74, 6) is 0.807. The van der Waals surface area contributed by atoms with Crippen molar-refractivity contribution in [3.8, 4) is 50.7 Å². The van der Waals surface area contributed by atoms with Crippen LogP contribution in [0.5, 0.6) is 0 Å². The summed E-state index contributed by atoms with van der Waals surface area (Å²) in [4.78, 5) is 10.3. The van der Waals surface area contributed by atoms with Crippen LogP contribution >= 0.6 is 0 Å². The highest BCUT2D eigenvalue weighted by atomic mass is 16.3. The van der Waals surface area contributed by atoms with Crippen LogP contribution in [-0.4, -0.2) is 14.5 Å². The van der Waals surface area contributed by atoms with Crippen LogP contribution in [0.4, 0.5) is 0 Å². The lowest BCUT2D eigenvalue weighted by Gasteiger charge is -2.29. The lowest BCUT2D eigenvalue weighted by atomic mass is 9.75. The SMILES string of the molecule is c1ccc(-c2cc(-c3cccc(C4Cc5cc6c(cc5-c5ccc(-n7c8ccccc8c8ccccc87)cc54)oc4ccccc46)c3)nc(-c3ccccc3)n2)cc1. The number of rotatable bonds is 5. The van der Waals surface area contributed by atoms with Gasteiger partial charge in [-0.1, -0.05) is 140 Å². The Morgan fingerprint density at radius 3 is 1.84 bits per heavy atom. The van der Waals surface area contributed by atoms with Gasteiger partial charge in [-0.2, -0.15) is 0 Å². The normalized spacial score (nSPS) is 13.6. The van der Waals surface area contributed by atoms with Crippen LogP contribution < -0.4 is 0 Å². The number of hydrogen-bond donors (Lipinski definition) is 0. The van der Waals surface area contributed by atoms with Gasteiger partial charge in [-0.25, -0.2) is 9.97 Å². The van der Waals surface area contributed by atoms with E-state index in [-0.39, 0.29) is 5.92 Å². The fourth-order valence-corrected chi connectivity index (χ4v) is 9.27. The molecule has 0 bridgehead atoms. The molecule has 272 valence electrons. The summed E-state index contributed by atoms with van der Waals surface area (Å²) in [5, 5.41) is 4.83.